The van der Waals surface area contributed by atoms with Crippen molar-refractivity contribution in [3.63, 3.8) is 0 Å². The summed E-state index contributed by atoms with van der Waals surface area (Å²) in [6.07, 6.45) is 4.39. The normalized spacial score (nSPS) is 12.4. The van der Waals surface area contributed by atoms with E-state index in [-0.39, 0.29) is 0 Å². The summed E-state index contributed by atoms with van der Waals surface area (Å²) in [6.45, 7) is 4.09. The van der Waals surface area contributed by atoms with Crippen molar-refractivity contribution in [1.29, 1.82) is 0 Å². The van der Waals surface area contributed by atoms with Gasteiger partial charge in [0.1, 0.15) is 5.75 Å². The summed E-state index contributed by atoms with van der Waals surface area (Å²) >= 11 is 0. The first-order valence-corrected chi connectivity index (χ1v) is 7.16. The first kappa shape index (κ1) is 16.0. The van der Waals surface area contributed by atoms with E-state index in [0.717, 1.165) is 44.6 Å². The smallest absolute Gasteiger partial charge is 0.122 e. The molecule has 0 aliphatic heterocycles. The molecule has 1 atom stereocenters. The highest BCUT2D eigenvalue weighted by Crippen LogP contribution is 2.20. The third-order valence-corrected chi connectivity index (χ3v) is 3.24. The number of hydrogen-bond acceptors (Lipinski definition) is 3. The molecule has 1 unspecified atom stereocenters. The number of ether oxygens (including phenoxy) is 2. The summed E-state index contributed by atoms with van der Waals surface area (Å²) < 4.78 is 10.6. The van der Waals surface area contributed by atoms with Crippen molar-refractivity contribution >= 4 is 0 Å². The lowest BCUT2D eigenvalue weighted by Crippen LogP contribution is -2.32. The summed E-state index contributed by atoms with van der Waals surface area (Å²) in [4.78, 5) is 0. The standard InChI is InChI=1S/C16H27NO2/c1-4-11-17-15(9-7-12-18-2)13-14-8-5-6-10-16(14)19-3/h5-6,8,10,15,17H,4,7,9,11-13H2,1-3H3. The molecular formula is C16H27NO2. The van der Waals surface area contributed by atoms with E-state index in [1.54, 1.807) is 14.2 Å². The lowest BCUT2D eigenvalue weighted by atomic mass is 10.0. The Balaban J connectivity index is 2.58. The number of hydrogen-bond donors (Lipinski definition) is 1. The highest BCUT2D eigenvalue weighted by Gasteiger charge is 2.11. The molecule has 1 N–H and O–H groups in total. The highest BCUT2D eigenvalue weighted by molar-refractivity contribution is 5.33. The van der Waals surface area contributed by atoms with Gasteiger partial charge >= 0.3 is 0 Å². The van der Waals surface area contributed by atoms with Gasteiger partial charge in [0.2, 0.25) is 0 Å². The Morgan fingerprint density at radius 2 is 2.00 bits per heavy atom. The molecule has 3 nitrogen and oxygen atoms in total. The minimum Gasteiger partial charge on any atom is -0.496 e. The Kier molecular flexibility index (Phi) is 8.26. The molecule has 0 aliphatic rings. The molecular weight excluding hydrogens is 238 g/mol. The largest absolute Gasteiger partial charge is 0.496 e. The number of rotatable bonds is 10. The van der Waals surface area contributed by atoms with Crippen LogP contribution < -0.4 is 10.1 Å². The van der Waals surface area contributed by atoms with Crippen LogP contribution in [0.5, 0.6) is 5.75 Å². The maximum Gasteiger partial charge on any atom is 0.122 e. The molecule has 0 spiro atoms. The van der Waals surface area contributed by atoms with E-state index in [1.807, 2.05) is 12.1 Å². The highest BCUT2D eigenvalue weighted by atomic mass is 16.5. The van der Waals surface area contributed by atoms with Gasteiger partial charge in [0.25, 0.3) is 0 Å². The number of benzene rings is 1. The SMILES string of the molecule is CCCNC(CCCOC)Cc1ccccc1OC. The lowest BCUT2D eigenvalue weighted by Gasteiger charge is -2.19. The van der Waals surface area contributed by atoms with Gasteiger partial charge in [-0.2, -0.15) is 0 Å². The van der Waals surface area contributed by atoms with Crippen LogP contribution in [0.4, 0.5) is 0 Å². The van der Waals surface area contributed by atoms with Crippen LogP contribution in [0.1, 0.15) is 31.7 Å². The maximum absolute atomic E-state index is 5.42. The molecule has 0 radical (unpaired) electrons. The molecule has 0 fully saturated rings. The summed E-state index contributed by atoms with van der Waals surface area (Å²) in [7, 11) is 3.49. The molecule has 1 rings (SSSR count). The molecule has 1 aromatic rings. The fraction of sp³-hybridized carbons (Fsp3) is 0.625. The number of methoxy groups -OCH3 is 2. The Morgan fingerprint density at radius 3 is 2.68 bits per heavy atom. The molecule has 0 aromatic heterocycles. The molecule has 0 saturated carbocycles. The molecule has 0 heterocycles. The van der Waals surface area contributed by atoms with Crippen molar-refractivity contribution in [1.82, 2.24) is 5.32 Å². The van der Waals surface area contributed by atoms with E-state index in [9.17, 15) is 0 Å². The second kappa shape index (κ2) is 9.82. The van der Waals surface area contributed by atoms with E-state index >= 15 is 0 Å². The molecule has 19 heavy (non-hydrogen) atoms. The van der Waals surface area contributed by atoms with Crippen LogP contribution in [0.3, 0.4) is 0 Å². The molecule has 0 aliphatic carbocycles. The van der Waals surface area contributed by atoms with E-state index in [0.29, 0.717) is 6.04 Å². The van der Waals surface area contributed by atoms with Crippen LogP contribution in [-0.2, 0) is 11.2 Å². The van der Waals surface area contributed by atoms with Crippen molar-refractivity contribution in [3.05, 3.63) is 29.8 Å². The van der Waals surface area contributed by atoms with Crippen molar-refractivity contribution in [2.24, 2.45) is 0 Å². The Hall–Kier alpha value is -1.06. The van der Waals surface area contributed by atoms with Gasteiger partial charge in [0.05, 0.1) is 7.11 Å². The van der Waals surface area contributed by atoms with Crippen LogP contribution in [0.2, 0.25) is 0 Å². The van der Waals surface area contributed by atoms with Crippen molar-refractivity contribution < 1.29 is 9.47 Å². The van der Waals surface area contributed by atoms with Gasteiger partial charge in [-0.1, -0.05) is 25.1 Å². The Labute approximate surface area is 117 Å². The topological polar surface area (TPSA) is 30.5 Å². The van der Waals surface area contributed by atoms with E-state index in [4.69, 9.17) is 9.47 Å². The summed E-state index contributed by atoms with van der Waals surface area (Å²) in [5, 5.41) is 3.62. The average molecular weight is 265 g/mol. The minimum absolute atomic E-state index is 0.492. The second-order valence-corrected chi connectivity index (χ2v) is 4.80. The number of para-hydroxylation sites is 1. The molecule has 1 aromatic carbocycles. The molecule has 0 amide bonds. The van der Waals surface area contributed by atoms with Crippen LogP contribution in [0.15, 0.2) is 24.3 Å². The quantitative estimate of drug-likeness (QED) is 0.660. The minimum atomic E-state index is 0.492. The van der Waals surface area contributed by atoms with Gasteiger partial charge in [-0.25, -0.2) is 0 Å². The predicted molar refractivity (Wildman–Crippen MR) is 79.9 cm³/mol. The predicted octanol–water partition coefficient (Wildman–Crippen LogP) is 3.03. The van der Waals surface area contributed by atoms with Gasteiger partial charge in [-0.15, -0.1) is 0 Å². The average Bonchev–Trinajstić information content (AvgIpc) is 2.45. The third kappa shape index (κ3) is 6.08. The Bertz CT molecular complexity index is 341. The lowest BCUT2D eigenvalue weighted by molar-refractivity contribution is 0.188. The van der Waals surface area contributed by atoms with Crippen molar-refractivity contribution in [3.8, 4) is 5.75 Å². The van der Waals surface area contributed by atoms with Gasteiger partial charge < -0.3 is 14.8 Å². The van der Waals surface area contributed by atoms with Crippen molar-refractivity contribution in [2.75, 3.05) is 27.4 Å². The van der Waals surface area contributed by atoms with Crippen molar-refractivity contribution in [2.45, 2.75) is 38.6 Å². The van der Waals surface area contributed by atoms with E-state index < -0.39 is 0 Å². The van der Waals surface area contributed by atoms with E-state index in [1.165, 1.54) is 5.56 Å². The Morgan fingerprint density at radius 1 is 1.21 bits per heavy atom. The maximum atomic E-state index is 5.42. The monoisotopic (exact) mass is 265 g/mol. The molecule has 0 saturated heterocycles. The van der Waals surface area contributed by atoms with Gasteiger partial charge in [0.15, 0.2) is 0 Å². The summed E-state index contributed by atoms with van der Waals surface area (Å²) in [6, 6.07) is 8.76. The fourth-order valence-corrected chi connectivity index (χ4v) is 2.24. The first-order valence-electron chi connectivity index (χ1n) is 7.16. The van der Waals surface area contributed by atoms with Crippen LogP contribution in [0.25, 0.3) is 0 Å². The van der Waals surface area contributed by atoms with Crippen LogP contribution in [-0.4, -0.2) is 33.4 Å². The van der Waals surface area contributed by atoms with Gasteiger partial charge in [-0.05, 0) is 43.9 Å². The third-order valence-electron chi connectivity index (χ3n) is 3.24. The molecule has 0 bridgehead atoms. The van der Waals surface area contributed by atoms with Gasteiger partial charge in [-0.3, -0.25) is 0 Å². The fourth-order valence-electron chi connectivity index (χ4n) is 2.24. The molecule has 108 valence electrons. The molecule has 3 heteroatoms. The summed E-state index contributed by atoms with van der Waals surface area (Å²) in [5.41, 5.74) is 1.27. The second-order valence-electron chi connectivity index (χ2n) is 4.80. The van der Waals surface area contributed by atoms with Gasteiger partial charge in [0, 0.05) is 19.8 Å². The summed E-state index contributed by atoms with van der Waals surface area (Å²) in [5.74, 6) is 0.984. The zero-order valence-electron chi connectivity index (χ0n) is 12.4. The van der Waals surface area contributed by atoms with E-state index in [2.05, 4.69) is 24.4 Å². The number of nitrogens with one attached hydrogen (secondary N) is 1. The van der Waals surface area contributed by atoms with Crippen LogP contribution in [0, 0.1) is 0 Å². The zero-order chi connectivity index (χ0) is 13.9. The zero-order valence-corrected chi connectivity index (χ0v) is 12.4. The first-order chi connectivity index (χ1) is 9.31. The van der Waals surface area contributed by atoms with Crippen LogP contribution >= 0.6 is 0 Å².